The summed E-state index contributed by atoms with van der Waals surface area (Å²) in [7, 11) is -4.93. The molecule has 3 atom stereocenters. The van der Waals surface area contributed by atoms with E-state index in [9.17, 15) is 9.46 Å². The van der Waals surface area contributed by atoms with E-state index < -0.39 is 27.7 Å². The van der Waals surface area contributed by atoms with Gasteiger partial charge in [-0.05, 0) is 13.3 Å². The van der Waals surface area contributed by atoms with Crippen LogP contribution in [0.4, 0.5) is 5.82 Å². The number of nitrogens with two attached hydrogens (primary N) is 2. The van der Waals surface area contributed by atoms with Gasteiger partial charge in [0.15, 0.2) is 11.5 Å². The van der Waals surface area contributed by atoms with Gasteiger partial charge in [0.2, 0.25) is 5.97 Å². The van der Waals surface area contributed by atoms with Gasteiger partial charge >= 0.3 is 7.60 Å². The summed E-state index contributed by atoms with van der Waals surface area (Å²) in [5.41, 5.74) is 12.8. The fraction of sp³-hybridized carbons (Fsp3) is 0.833. The van der Waals surface area contributed by atoms with E-state index in [0.717, 1.165) is 19.3 Å². The summed E-state index contributed by atoms with van der Waals surface area (Å²) in [4.78, 5) is 22.6. The van der Waals surface area contributed by atoms with Crippen molar-refractivity contribution in [3.8, 4) is 0 Å². The van der Waals surface area contributed by atoms with Gasteiger partial charge in [0, 0.05) is 8.07 Å². The first kappa shape index (κ1) is 36.8. The Hall–Kier alpha value is -1.36. The average molecular weight is 627 g/mol. The Morgan fingerprint density at radius 3 is 1.88 bits per heavy atom. The molecule has 0 spiro atoms. The van der Waals surface area contributed by atoms with Gasteiger partial charge in [-0.2, -0.15) is 0 Å². The van der Waals surface area contributed by atoms with Gasteiger partial charge < -0.3 is 24.5 Å². The molecule has 5 N–H and O–H groups in total. The molecule has 12 heteroatoms. The first-order valence-electron chi connectivity index (χ1n) is 16.3. The third kappa shape index (κ3) is 15.4. The smallest absolute Gasteiger partial charge is 0.371 e. The molecule has 0 radical (unpaired) electrons. The predicted molar refractivity (Wildman–Crippen MR) is 176 cm³/mol. The fourth-order valence-corrected chi connectivity index (χ4v) is 7.38. The van der Waals surface area contributed by atoms with Crippen LogP contribution in [0.1, 0.15) is 110 Å². The minimum atomic E-state index is -4.09. The molecule has 2 rings (SSSR count). The maximum Gasteiger partial charge on any atom is 0.371 e. The van der Waals surface area contributed by atoms with E-state index in [0.29, 0.717) is 23.5 Å². The number of ether oxygens (including phenoxy) is 1. The molecule has 0 aromatic carbocycles. The Kier molecular flexibility index (Phi) is 17.4. The molecule has 2 aromatic heterocycles. The van der Waals surface area contributed by atoms with E-state index in [-0.39, 0.29) is 6.61 Å². The Bertz CT molecular complexity index is 1050. The van der Waals surface area contributed by atoms with Crippen LogP contribution in [0.3, 0.4) is 0 Å². The highest BCUT2D eigenvalue weighted by molar-refractivity contribution is 7.53. The molecule has 2 unspecified atom stereocenters. The molecule has 2 heterocycles. The predicted octanol–water partition coefficient (Wildman–Crippen LogP) is 7.84. The lowest BCUT2D eigenvalue weighted by atomic mass is 10.0. The fourth-order valence-electron chi connectivity index (χ4n) is 5.17. The summed E-state index contributed by atoms with van der Waals surface area (Å²) in [5.74, 6) is -1.13. The summed E-state index contributed by atoms with van der Waals surface area (Å²) in [6.07, 6.45) is 23.1. The van der Waals surface area contributed by atoms with Crippen LogP contribution in [0.5, 0.6) is 0 Å². The molecule has 42 heavy (non-hydrogen) atoms. The minimum absolute atomic E-state index is 0.194. The van der Waals surface area contributed by atoms with Crippen molar-refractivity contribution in [3.05, 3.63) is 12.7 Å². The van der Waals surface area contributed by atoms with Gasteiger partial charge in [0.05, 0.1) is 25.6 Å². The molecule has 0 saturated heterocycles. The van der Waals surface area contributed by atoms with Crippen molar-refractivity contribution in [2.75, 3.05) is 12.3 Å². The third-order valence-corrected chi connectivity index (χ3v) is 10.8. The monoisotopic (exact) mass is 626 g/mol. The molecule has 242 valence electrons. The first-order chi connectivity index (χ1) is 20.0. The Labute approximate surface area is 255 Å². The normalized spacial score (nSPS) is 15.2. The van der Waals surface area contributed by atoms with E-state index in [2.05, 4.69) is 34.6 Å². The van der Waals surface area contributed by atoms with Crippen LogP contribution in [0.15, 0.2) is 12.7 Å². The molecular formula is C30H59N6O4PSi. The first-order valence-corrected chi connectivity index (χ1v) is 21.6. The van der Waals surface area contributed by atoms with Crippen molar-refractivity contribution in [1.29, 1.82) is 0 Å². The topological polar surface area (TPSA) is 151 Å². The largest absolute Gasteiger partial charge is 0.382 e. The Morgan fingerprint density at radius 2 is 1.36 bits per heavy atom. The number of aromatic nitrogens is 4. The lowest BCUT2D eigenvalue weighted by Crippen LogP contribution is -2.31. The second-order valence-corrected chi connectivity index (χ2v) is 20.5. The van der Waals surface area contributed by atoms with Crippen LogP contribution in [-0.2, 0) is 20.4 Å². The molecule has 0 amide bonds. The number of fused-ring (bicyclic) bond motifs is 1. The lowest BCUT2D eigenvalue weighted by molar-refractivity contribution is 0.0180. The zero-order valence-electron chi connectivity index (χ0n) is 26.8. The van der Waals surface area contributed by atoms with E-state index in [1.165, 1.54) is 95.8 Å². The second-order valence-electron chi connectivity index (χ2n) is 13.0. The SMILES string of the molecule is C[C@H](Cn1cnc2c(N)ncnc21)OC(N)P(=O)(O)OCCCCCCCCCCCCCCCCCC[Si](C)(C)C. The maximum absolute atomic E-state index is 12.5. The minimum Gasteiger partial charge on any atom is -0.382 e. The zero-order chi connectivity index (χ0) is 30.8. The second kappa shape index (κ2) is 19.8. The molecule has 0 fully saturated rings. The van der Waals surface area contributed by atoms with Crippen LogP contribution < -0.4 is 11.5 Å². The van der Waals surface area contributed by atoms with Crippen LogP contribution in [-0.4, -0.2) is 51.2 Å². The highest BCUT2D eigenvalue weighted by Crippen LogP contribution is 2.46. The zero-order valence-corrected chi connectivity index (χ0v) is 28.7. The summed E-state index contributed by atoms with van der Waals surface area (Å²) in [5, 5.41) is 0. The number of unbranched alkanes of at least 4 members (excludes halogenated alkanes) is 15. The molecule has 0 bridgehead atoms. The summed E-state index contributed by atoms with van der Waals surface area (Å²) < 4.78 is 25.1. The summed E-state index contributed by atoms with van der Waals surface area (Å²) in [6, 6.07) is 1.49. The van der Waals surface area contributed by atoms with Gasteiger partial charge in [-0.15, -0.1) is 0 Å². The van der Waals surface area contributed by atoms with Crippen molar-refractivity contribution in [3.63, 3.8) is 0 Å². The van der Waals surface area contributed by atoms with E-state index in [4.69, 9.17) is 20.7 Å². The van der Waals surface area contributed by atoms with Gasteiger partial charge in [0.1, 0.15) is 11.8 Å². The molecule has 0 saturated carbocycles. The number of nitrogens with zero attached hydrogens (tertiary/aromatic N) is 4. The molecular weight excluding hydrogens is 567 g/mol. The van der Waals surface area contributed by atoms with Crippen molar-refractivity contribution < 1.29 is 18.7 Å². The molecule has 0 aliphatic heterocycles. The maximum atomic E-state index is 12.5. The van der Waals surface area contributed by atoms with Gasteiger partial charge in [0.25, 0.3) is 0 Å². The number of hydrogen-bond donors (Lipinski definition) is 3. The van der Waals surface area contributed by atoms with Crippen LogP contribution >= 0.6 is 7.60 Å². The van der Waals surface area contributed by atoms with Crippen molar-refractivity contribution >= 4 is 32.7 Å². The quantitative estimate of drug-likeness (QED) is 0.0433. The summed E-state index contributed by atoms with van der Waals surface area (Å²) >= 11 is 0. The standard InChI is InChI=1S/C30H59N6O4PSi/c1-26(23-36-25-35-27-28(31)33-24-34-29(27)36)40-30(32)41(37,38)39-21-19-17-15-13-11-9-7-5-6-8-10-12-14-16-18-20-22-42(2,3)4/h24-26,30H,5-23,32H2,1-4H3,(H,37,38)(H2,31,33,34)/t26-,30?/m1/s1. The number of hydrogen-bond acceptors (Lipinski definition) is 8. The number of imidazole rings is 1. The number of anilines is 1. The van der Waals surface area contributed by atoms with E-state index in [1.54, 1.807) is 17.8 Å². The molecule has 0 aliphatic rings. The molecule has 10 nitrogen and oxygen atoms in total. The van der Waals surface area contributed by atoms with Gasteiger partial charge in [-0.3, -0.25) is 10.3 Å². The van der Waals surface area contributed by atoms with Crippen molar-refractivity contribution in [1.82, 2.24) is 19.5 Å². The van der Waals surface area contributed by atoms with Crippen LogP contribution in [0.25, 0.3) is 11.2 Å². The third-order valence-electron chi connectivity index (χ3n) is 7.67. The van der Waals surface area contributed by atoms with Gasteiger partial charge in [-0.25, -0.2) is 15.0 Å². The number of rotatable bonds is 25. The Balaban J connectivity index is 1.40. The van der Waals surface area contributed by atoms with Crippen molar-refractivity contribution in [2.45, 2.75) is 154 Å². The van der Waals surface area contributed by atoms with Crippen LogP contribution in [0, 0.1) is 0 Å². The molecule has 2 aromatic rings. The van der Waals surface area contributed by atoms with E-state index >= 15 is 0 Å². The van der Waals surface area contributed by atoms with Crippen LogP contribution in [0.2, 0.25) is 25.7 Å². The van der Waals surface area contributed by atoms with Gasteiger partial charge in [-0.1, -0.05) is 122 Å². The van der Waals surface area contributed by atoms with E-state index in [1.807, 2.05) is 0 Å². The lowest BCUT2D eigenvalue weighted by Gasteiger charge is -2.23. The highest BCUT2D eigenvalue weighted by atomic mass is 31.2. The highest BCUT2D eigenvalue weighted by Gasteiger charge is 2.31. The summed E-state index contributed by atoms with van der Waals surface area (Å²) in [6.45, 7) is 9.71. The molecule has 0 aliphatic carbocycles. The Morgan fingerprint density at radius 1 is 0.857 bits per heavy atom. The van der Waals surface area contributed by atoms with Crippen molar-refractivity contribution in [2.24, 2.45) is 5.73 Å². The average Bonchev–Trinajstić information content (AvgIpc) is 3.33. The number of nitrogen functional groups attached to an aromatic ring is 1.